The lowest BCUT2D eigenvalue weighted by Gasteiger charge is -2.27. The fourth-order valence-corrected chi connectivity index (χ4v) is 4.02. The fourth-order valence-electron chi connectivity index (χ4n) is 3.66. The third-order valence-corrected chi connectivity index (χ3v) is 5.74. The van der Waals surface area contributed by atoms with Gasteiger partial charge in [-0.3, -0.25) is 19.6 Å². The van der Waals surface area contributed by atoms with Gasteiger partial charge in [0.2, 0.25) is 0 Å². The van der Waals surface area contributed by atoms with E-state index in [0.717, 1.165) is 22.9 Å². The van der Waals surface area contributed by atoms with Crippen molar-refractivity contribution in [2.45, 2.75) is 39.2 Å². The van der Waals surface area contributed by atoms with Crippen molar-refractivity contribution in [3.8, 4) is 0 Å². The maximum atomic E-state index is 13.5. The maximum absolute atomic E-state index is 13.5. The average Bonchev–Trinajstić information content (AvgIpc) is 2.83. The average molecular weight is 458 g/mol. The van der Waals surface area contributed by atoms with Gasteiger partial charge in [-0.05, 0) is 36.2 Å². The summed E-state index contributed by atoms with van der Waals surface area (Å²) in [6, 6.07) is 10.6. The Morgan fingerprint density at radius 3 is 2.62 bits per heavy atom. The quantitative estimate of drug-likeness (QED) is 0.671. The van der Waals surface area contributed by atoms with Gasteiger partial charge in [-0.15, -0.1) is 0 Å². The minimum atomic E-state index is -0.939. The van der Waals surface area contributed by atoms with E-state index in [1.807, 2.05) is 50.2 Å². The number of carbonyl (C=O) groups is 2. The van der Waals surface area contributed by atoms with Gasteiger partial charge in [-0.25, -0.2) is 0 Å². The van der Waals surface area contributed by atoms with Crippen molar-refractivity contribution in [1.29, 1.82) is 0 Å². The molecule has 0 spiro atoms. The monoisotopic (exact) mass is 457 g/mol. The molecule has 6 nitrogen and oxygen atoms in total. The molecule has 2 heterocycles. The zero-order valence-corrected chi connectivity index (χ0v) is 18.1. The lowest BCUT2D eigenvalue weighted by molar-refractivity contribution is -0.136. The largest absolute Gasteiger partial charge is 0.481 e. The molecule has 1 unspecified atom stereocenters. The summed E-state index contributed by atoms with van der Waals surface area (Å²) in [6.45, 7) is 4.20. The van der Waals surface area contributed by atoms with E-state index < -0.39 is 12.0 Å². The normalized spacial score (nSPS) is 16.4. The van der Waals surface area contributed by atoms with Crippen LogP contribution in [0, 0.1) is 5.92 Å². The zero-order chi connectivity index (χ0) is 21.0. The van der Waals surface area contributed by atoms with Crippen LogP contribution in [0.5, 0.6) is 0 Å². The molecule has 0 saturated carbocycles. The predicted octanol–water partition coefficient (Wildman–Crippen LogP) is 4.31. The number of nitrogens with zero attached hydrogens (tertiary/aromatic N) is 3. The highest BCUT2D eigenvalue weighted by Gasteiger charge is 2.36. The Balaban J connectivity index is 2.23. The summed E-state index contributed by atoms with van der Waals surface area (Å²) in [7, 11) is 0. The number of benzodiazepines with no additional fused rings is 1. The molecule has 0 radical (unpaired) electrons. The van der Waals surface area contributed by atoms with Crippen molar-refractivity contribution >= 4 is 39.2 Å². The molecule has 1 atom stereocenters. The summed E-state index contributed by atoms with van der Waals surface area (Å²) in [5, 5.41) is 9.21. The number of carboxylic acids is 1. The summed E-state index contributed by atoms with van der Waals surface area (Å²) < 4.78 is 0.853. The van der Waals surface area contributed by atoms with Crippen LogP contribution in [0.25, 0.3) is 0 Å². The van der Waals surface area contributed by atoms with Gasteiger partial charge in [0.15, 0.2) is 0 Å². The molecular formula is C22H24BrN3O3. The van der Waals surface area contributed by atoms with Gasteiger partial charge in [0, 0.05) is 22.8 Å². The van der Waals surface area contributed by atoms with Gasteiger partial charge in [0.1, 0.15) is 6.04 Å². The molecule has 1 aromatic carbocycles. The van der Waals surface area contributed by atoms with Crippen molar-refractivity contribution in [1.82, 2.24) is 4.98 Å². The number of aromatic nitrogens is 1. The van der Waals surface area contributed by atoms with Gasteiger partial charge in [-0.2, -0.15) is 0 Å². The maximum Gasteiger partial charge on any atom is 0.305 e. The van der Waals surface area contributed by atoms with Crippen LogP contribution < -0.4 is 4.90 Å². The van der Waals surface area contributed by atoms with E-state index in [9.17, 15) is 14.7 Å². The fraction of sp³-hybridized carbons (Fsp3) is 0.364. The lowest BCUT2D eigenvalue weighted by Crippen LogP contribution is -2.42. The smallest absolute Gasteiger partial charge is 0.305 e. The number of aliphatic imine (C=N–C) groups is 1. The number of carbonyl (C=O) groups excluding carboxylic acids is 1. The van der Waals surface area contributed by atoms with Crippen LogP contribution in [0.1, 0.15) is 44.4 Å². The molecular weight excluding hydrogens is 434 g/mol. The molecule has 0 bridgehead atoms. The molecule has 29 heavy (non-hydrogen) atoms. The van der Waals surface area contributed by atoms with Crippen molar-refractivity contribution < 1.29 is 14.7 Å². The summed E-state index contributed by atoms with van der Waals surface area (Å²) in [6.07, 6.45) is 3.18. The molecule has 7 heteroatoms. The first-order chi connectivity index (χ1) is 14.0. The Labute approximate surface area is 178 Å². The van der Waals surface area contributed by atoms with Gasteiger partial charge in [-0.1, -0.05) is 48.7 Å². The van der Waals surface area contributed by atoms with Crippen LogP contribution in [0.2, 0.25) is 0 Å². The summed E-state index contributed by atoms with van der Waals surface area (Å²) in [4.78, 5) is 35.7. The standard InChI is InChI=1S/C22H24BrN3O3/c1-3-14(4-2)20-22(29)26(12-10-19(27)28)18-9-8-15(23)13-16(18)21(25-20)17-7-5-6-11-24-17/h5-9,11,13-14,20H,3-4,10,12H2,1-2H3,(H,27,28). The summed E-state index contributed by atoms with van der Waals surface area (Å²) >= 11 is 3.51. The van der Waals surface area contributed by atoms with E-state index in [4.69, 9.17) is 4.99 Å². The van der Waals surface area contributed by atoms with Gasteiger partial charge in [0.25, 0.3) is 5.91 Å². The molecule has 1 aliphatic rings. The van der Waals surface area contributed by atoms with Crippen molar-refractivity contribution in [2.24, 2.45) is 10.9 Å². The van der Waals surface area contributed by atoms with E-state index >= 15 is 0 Å². The number of rotatable bonds is 7. The highest BCUT2D eigenvalue weighted by molar-refractivity contribution is 9.10. The number of benzene rings is 1. The van der Waals surface area contributed by atoms with Crippen molar-refractivity contribution in [3.05, 3.63) is 58.3 Å². The Bertz CT molecular complexity index is 926. The first-order valence-electron chi connectivity index (χ1n) is 9.78. The second kappa shape index (κ2) is 9.31. The molecule has 1 aliphatic heterocycles. The van der Waals surface area contributed by atoms with E-state index in [-0.39, 0.29) is 24.8 Å². The third kappa shape index (κ3) is 4.56. The van der Waals surface area contributed by atoms with Gasteiger partial charge < -0.3 is 10.0 Å². The predicted molar refractivity (Wildman–Crippen MR) is 116 cm³/mol. The van der Waals surface area contributed by atoms with Crippen LogP contribution in [0.15, 0.2) is 52.1 Å². The number of fused-ring (bicyclic) bond motifs is 1. The van der Waals surface area contributed by atoms with Gasteiger partial charge >= 0.3 is 5.97 Å². The number of hydrogen-bond donors (Lipinski definition) is 1. The number of anilines is 1. The molecule has 0 saturated heterocycles. The minimum absolute atomic E-state index is 0.0614. The van der Waals surface area contributed by atoms with Crippen LogP contribution in [0.4, 0.5) is 5.69 Å². The van der Waals surface area contributed by atoms with Crippen LogP contribution in [-0.4, -0.2) is 40.3 Å². The molecule has 0 aliphatic carbocycles. The number of pyridine rings is 1. The van der Waals surface area contributed by atoms with Crippen LogP contribution >= 0.6 is 15.9 Å². The minimum Gasteiger partial charge on any atom is -0.481 e. The molecule has 3 rings (SSSR count). The topological polar surface area (TPSA) is 82.9 Å². The highest BCUT2D eigenvalue weighted by Crippen LogP contribution is 2.33. The number of aliphatic carboxylic acids is 1. The van der Waals surface area contributed by atoms with Crippen LogP contribution in [-0.2, 0) is 9.59 Å². The zero-order valence-electron chi connectivity index (χ0n) is 16.5. The second-order valence-corrected chi connectivity index (χ2v) is 7.92. The first-order valence-corrected chi connectivity index (χ1v) is 10.6. The van der Waals surface area contributed by atoms with Gasteiger partial charge in [0.05, 0.1) is 23.5 Å². The van der Waals surface area contributed by atoms with Crippen molar-refractivity contribution in [2.75, 3.05) is 11.4 Å². The molecule has 0 fully saturated rings. The molecule has 1 amide bonds. The second-order valence-electron chi connectivity index (χ2n) is 7.01. The molecule has 152 valence electrons. The van der Waals surface area contributed by atoms with Crippen LogP contribution in [0.3, 0.4) is 0 Å². The number of carboxylic acid groups (broad SMARTS) is 1. The van der Waals surface area contributed by atoms with E-state index in [0.29, 0.717) is 17.1 Å². The third-order valence-electron chi connectivity index (χ3n) is 5.24. The highest BCUT2D eigenvalue weighted by atomic mass is 79.9. The molecule has 1 N–H and O–H groups in total. The van der Waals surface area contributed by atoms with E-state index in [1.165, 1.54) is 0 Å². The first kappa shape index (κ1) is 21.2. The summed E-state index contributed by atoms with van der Waals surface area (Å²) in [5.74, 6) is -1.04. The van der Waals surface area contributed by atoms with E-state index in [1.54, 1.807) is 11.1 Å². The Hall–Kier alpha value is -2.54. The molecule has 1 aromatic heterocycles. The van der Waals surface area contributed by atoms with E-state index in [2.05, 4.69) is 20.9 Å². The SMILES string of the molecule is CCC(CC)C1N=C(c2ccccn2)c2cc(Br)ccc2N(CCC(=O)O)C1=O. The Morgan fingerprint density at radius 1 is 1.24 bits per heavy atom. The number of hydrogen-bond acceptors (Lipinski definition) is 4. The summed E-state index contributed by atoms with van der Waals surface area (Å²) in [5.41, 5.74) is 2.78. The lowest BCUT2D eigenvalue weighted by atomic mass is 9.93. The Morgan fingerprint density at radius 2 is 2.00 bits per heavy atom. The number of amides is 1. The number of halogens is 1. The molecule has 2 aromatic rings. The Kier molecular flexibility index (Phi) is 6.79. The van der Waals surface area contributed by atoms with Crippen molar-refractivity contribution in [3.63, 3.8) is 0 Å².